The molecular weight excluding hydrogens is 2340 g/mol. The molecule has 11 rings (SSSR count). The third-order valence-electron chi connectivity index (χ3n) is 21.6. The van der Waals surface area contributed by atoms with E-state index in [2.05, 4.69) is 127 Å². The summed E-state index contributed by atoms with van der Waals surface area (Å²) in [4.78, 5) is 181. The first kappa shape index (κ1) is 137. The molecule has 0 unspecified atom stereocenters. The molecule has 41 heteroatoms. The molecule has 3 aromatic rings. The van der Waals surface area contributed by atoms with Gasteiger partial charge in [0.25, 0.3) is 35.4 Å². The first-order chi connectivity index (χ1) is 64.3. The molecule has 5 aliphatic carbocycles. The van der Waals surface area contributed by atoms with Crippen molar-refractivity contribution in [2.75, 3.05) is 0 Å². The molecule has 0 aromatic heterocycles. The number of imide groups is 3. The fraction of sp³-hybridized carbons (Fsp3) is 0.566. The van der Waals surface area contributed by atoms with Gasteiger partial charge in [0.05, 0.1) is 43.1 Å². The van der Waals surface area contributed by atoms with Crippen LogP contribution in [0.25, 0.3) is 0 Å². The van der Waals surface area contributed by atoms with E-state index in [0.717, 1.165) is 64.2 Å². The number of allylic oxidation sites excluding steroid dienone is 5. The maximum absolute atomic E-state index is 11.7. The van der Waals surface area contributed by atoms with Gasteiger partial charge in [0.1, 0.15) is 30.5 Å². The summed E-state index contributed by atoms with van der Waals surface area (Å²) >= 11 is 9.48. The maximum atomic E-state index is 11.7. The van der Waals surface area contributed by atoms with Gasteiger partial charge in [0, 0.05) is 80.3 Å². The summed E-state index contributed by atoms with van der Waals surface area (Å²) < 4.78 is 20.7. The van der Waals surface area contributed by atoms with Crippen molar-refractivity contribution >= 4 is 169 Å². The molecule has 786 valence electrons. The number of hydrogen-bond donors (Lipinski definition) is 9. The molecule has 8 aliphatic rings. The normalized spacial score (nSPS) is 20.7. The minimum atomic E-state index is -1.48. The summed E-state index contributed by atoms with van der Waals surface area (Å²) in [6, 6.07) is 29.9. The predicted octanol–water partition coefficient (Wildman–Crippen LogP) is 18.2. The number of carboxylic acids is 4. The number of aliphatic hydroxyl groups excluding tert-OH is 1. The van der Waals surface area contributed by atoms with Crippen molar-refractivity contribution in [3.63, 3.8) is 0 Å². The second kappa shape index (κ2) is 70.3. The van der Waals surface area contributed by atoms with Gasteiger partial charge in [-0.2, -0.15) is 4.79 Å². The van der Waals surface area contributed by atoms with Gasteiger partial charge in [-0.15, -0.1) is 32.9 Å². The predicted molar refractivity (Wildman–Crippen MR) is 557 cm³/mol. The van der Waals surface area contributed by atoms with Crippen LogP contribution in [-0.4, -0.2) is 172 Å². The minimum absolute atomic E-state index is 0. The Morgan fingerprint density at radius 2 is 0.571 bits per heavy atom. The molecule has 3 aliphatic heterocycles. The Kier molecular flexibility index (Phi) is 68.5. The van der Waals surface area contributed by atoms with Gasteiger partial charge >= 0.3 is 153 Å². The Morgan fingerprint density at radius 1 is 0.371 bits per heavy atom. The zero-order valence-electron chi connectivity index (χ0n) is 82.1. The molecule has 6 amide bonds. The summed E-state index contributed by atoms with van der Waals surface area (Å²) in [5, 5.41) is 45.5. The van der Waals surface area contributed by atoms with Gasteiger partial charge in [-0.3, -0.25) is 76.8 Å². The third kappa shape index (κ3) is 59.0. The van der Waals surface area contributed by atoms with Crippen LogP contribution in [0.3, 0.4) is 0 Å². The number of ether oxygens (including phenoxy) is 4. The number of hydrogen-bond acceptors (Lipinski definition) is 27. The fourth-order valence-electron chi connectivity index (χ4n) is 12.4. The Morgan fingerprint density at radius 3 is 0.721 bits per heavy atom. The van der Waals surface area contributed by atoms with E-state index in [1.165, 1.54) is 16.7 Å². The van der Waals surface area contributed by atoms with E-state index >= 15 is 0 Å². The van der Waals surface area contributed by atoms with Crippen LogP contribution in [0.5, 0.6) is 0 Å². The summed E-state index contributed by atoms with van der Waals surface area (Å²) in [5.41, 5.74) is 24.0. The van der Waals surface area contributed by atoms with Crippen molar-refractivity contribution in [2.45, 2.75) is 288 Å². The number of rotatable bonds is 30. The second-order valence-electron chi connectivity index (χ2n) is 37.7. The molecule has 0 bridgehead atoms. The molecule has 3 heterocycles. The number of halogens is 4. The van der Waals surface area contributed by atoms with Crippen LogP contribution < -0.4 is 22.9 Å². The number of amides is 6. The average Bonchev–Trinajstić information content (AvgIpc) is 1.85. The number of nitrogens with two attached hydrogens (primary N) is 4. The Balaban J connectivity index is -0.00000150. The fourth-order valence-corrected chi connectivity index (χ4v) is 12.4. The van der Waals surface area contributed by atoms with Gasteiger partial charge in [-0.1, -0.05) is 227 Å². The number of benzene rings is 3. The van der Waals surface area contributed by atoms with E-state index in [4.69, 9.17) is 67.4 Å². The summed E-state index contributed by atoms with van der Waals surface area (Å²) in [7, 11) is 1.25. The molecule has 140 heavy (non-hydrogen) atoms. The third-order valence-corrected chi connectivity index (χ3v) is 21.6. The van der Waals surface area contributed by atoms with E-state index < -0.39 is 130 Å². The number of carbonyl (C=O) groups is 15. The van der Waals surface area contributed by atoms with Crippen LogP contribution in [0.2, 0.25) is 0 Å². The SMILES string of the molecule is C.C=CC[C@@H]1C[C@H]1O.C=CC[C@@H]1C[C@H]1OC(=O)C[C@H](C(=O)O)C(C)(C)C.C=CC[C@@H]1C[C@H]1OC(=O)C[C@H](C(=O)O)C(C)(C)C.C=CC[C@@H]1C[C@H]1OC(=O)C[C@H](C(=O)O)C(C)(C)C.C=CC[C@@H]1C[C@H]1OC(=O)ON1C(=O)CCC1=O.CC(C)(C)[C@H](N)C(=O)O.C[C@H](N)c1ccccc1.C[C@H](N)c1ccccc1.C[C@H](N)c1ccccc1.O.O=C(ON1C(=O)CCC1=O)ON1C(=O)CCC1=O.[I][V][I].[I][V][I]. The quantitative estimate of drug-likeness (QED) is 0.00984. The van der Waals surface area contributed by atoms with Crippen LogP contribution >= 0.6 is 79.9 Å². The molecule has 35 nitrogen and oxygen atoms in total. The van der Waals surface area contributed by atoms with Gasteiger partial charge in [0.15, 0.2) is 0 Å². The summed E-state index contributed by atoms with van der Waals surface area (Å²) in [6.45, 7) is 45.8. The Hall–Kier alpha value is -7.54. The van der Waals surface area contributed by atoms with Gasteiger partial charge in [-0.25, -0.2) is 4.79 Å². The van der Waals surface area contributed by atoms with Crippen LogP contribution in [0.4, 0.5) is 9.59 Å². The molecule has 15 N–H and O–H groups in total. The number of aliphatic carboxylic acids is 4. The van der Waals surface area contributed by atoms with E-state index in [1.807, 2.05) is 198 Å². The van der Waals surface area contributed by atoms with Gasteiger partial charge < -0.3 is 72.9 Å². The zero-order valence-corrected chi connectivity index (χ0v) is 93.5. The number of hydroxylamine groups is 6. The molecule has 17 atom stereocenters. The van der Waals surface area contributed by atoms with Crippen LogP contribution in [0.15, 0.2) is 154 Å². The molecule has 3 aromatic carbocycles. The van der Waals surface area contributed by atoms with Crippen molar-refractivity contribution in [1.82, 2.24) is 15.2 Å². The van der Waals surface area contributed by atoms with Gasteiger partial charge in [0.2, 0.25) is 0 Å². The van der Waals surface area contributed by atoms with Crippen molar-refractivity contribution < 1.29 is 155 Å². The molecule has 8 fully saturated rings. The van der Waals surface area contributed by atoms with Gasteiger partial charge in [-0.05, 0) is 129 Å². The van der Waals surface area contributed by atoms with Crippen LogP contribution in [0, 0.1) is 69.0 Å². The molecular formula is C99H149I4N7O28V2. The van der Waals surface area contributed by atoms with Crippen LogP contribution in [0.1, 0.15) is 268 Å². The average molecular weight is 2490 g/mol. The van der Waals surface area contributed by atoms with E-state index in [1.54, 1.807) is 26.8 Å². The zero-order chi connectivity index (χ0) is 106. The monoisotopic (exact) mass is 2490 g/mol. The molecule has 5 saturated carbocycles. The second-order valence-corrected chi connectivity index (χ2v) is 61.3. The molecule has 0 radical (unpaired) electrons. The number of carbonyl (C=O) groups excluding carboxylic acids is 11. The number of carboxylic acid groups (broad SMARTS) is 4. The van der Waals surface area contributed by atoms with E-state index in [0.29, 0.717) is 47.7 Å². The standard InChI is InChI=1S/3C14H22O4.C11H13NO5.C9H8N2O7.3C8H11N.C6H13NO2.C6H10O.CH4.4HI.H2O.2V/c3*1-5-6-9-7-11(9)18-12(15)8-10(13(16)17)14(2,3)4;1-2-3-7-6-8(7)16-11(15)17-12-9(13)4-5-10(12)14;12-5-1-2-6(13)10(5)17-9(16)18-11-7(14)3-4-8(11)15;3*1-7(9)8-5-3-2-4-6-8;1-6(2,3)4(7)5(8)9;1-2-3-5-4-6(5)7;;;;;;;;/h3*5,9-11H,1,6-8H2,2-4H3,(H,16,17);2,7-8H,1,3-6H2;1-4H2;3*2-7H,9H2,1H3;4H,7H2,1-3H3,(H,8,9);2,5-7H,1,3-4H2;1H4;4*1H;1H2;;/q;;;;;;;;;;;;;;;;2*+2/p-4/t3*9-,10-,11-;7-,8-;;3*7-;4-;5-,6-;;;;;;;;/m1111.00011......../s1. The van der Waals surface area contributed by atoms with Crippen molar-refractivity contribution in [3.8, 4) is 0 Å². The summed E-state index contributed by atoms with van der Waals surface area (Å²) in [6.07, 6.45) is 14.7. The number of nitrogens with zero attached hydrogens (tertiary/aromatic N) is 3. The molecule has 0 spiro atoms. The van der Waals surface area contributed by atoms with Crippen molar-refractivity contribution in [1.29, 1.82) is 0 Å². The first-order valence-electron chi connectivity index (χ1n) is 44.9. The molecule has 3 saturated heterocycles. The first-order valence-corrected chi connectivity index (χ1v) is 62.9. The van der Waals surface area contributed by atoms with E-state index in [-0.39, 0.29) is 141 Å². The van der Waals surface area contributed by atoms with Crippen LogP contribution in [-0.2, 0) is 115 Å². The van der Waals surface area contributed by atoms with Crippen molar-refractivity contribution in [3.05, 3.63) is 171 Å². The number of esters is 3. The summed E-state index contributed by atoms with van der Waals surface area (Å²) in [5.74, 6) is -8.91. The Labute approximate surface area is 882 Å². The number of aliphatic hydroxyl groups is 1. The topological polar surface area (TPSA) is 567 Å². The van der Waals surface area contributed by atoms with E-state index in [9.17, 15) is 71.9 Å². The Bertz CT molecular complexity index is 4050. The van der Waals surface area contributed by atoms with Crippen molar-refractivity contribution in [2.24, 2.45) is 91.9 Å².